The molecule has 3 rings (SSSR count). The van der Waals surface area contributed by atoms with Crippen LogP contribution in [0.1, 0.15) is 29.2 Å². The summed E-state index contributed by atoms with van der Waals surface area (Å²) >= 11 is 5.96. The number of hydrogen-bond acceptors (Lipinski definition) is 3. The van der Waals surface area contributed by atoms with Crippen LogP contribution in [-0.4, -0.2) is 24.9 Å². The van der Waals surface area contributed by atoms with Crippen LogP contribution in [0.25, 0.3) is 6.08 Å². The zero-order chi connectivity index (χ0) is 20.5. The van der Waals surface area contributed by atoms with Gasteiger partial charge in [0.1, 0.15) is 5.75 Å². The molecule has 0 amide bonds. The average molecular weight is 411 g/mol. The summed E-state index contributed by atoms with van der Waals surface area (Å²) in [5, 5.41) is 0.625. The van der Waals surface area contributed by atoms with Crippen LogP contribution in [0.5, 0.6) is 5.75 Å². The van der Waals surface area contributed by atoms with Crippen molar-refractivity contribution in [3.63, 3.8) is 0 Å². The Balaban J connectivity index is 1.94. The number of benzene rings is 2. The van der Waals surface area contributed by atoms with Crippen LogP contribution < -0.4 is 4.74 Å². The predicted molar refractivity (Wildman–Crippen MR) is 101 cm³/mol. The van der Waals surface area contributed by atoms with Gasteiger partial charge in [-0.3, -0.25) is 0 Å². The summed E-state index contributed by atoms with van der Waals surface area (Å²) in [4.78, 5) is 12.0. The van der Waals surface area contributed by atoms with E-state index in [1.165, 1.54) is 13.0 Å². The highest BCUT2D eigenvalue weighted by atomic mass is 35.5. The summed E-state index contributed by atoms with van der Waals surface area (Å²) in [6.45, 7) is 3.43. The maximum absolute atomic E-state index is 13.4. The molecule has 2 aromatic rings. The van der Waals surface area contributed by atoms with Gasteiger partial charge in [-0.1, -0.05) is 29.8 Å². The summed E-state index contributed by atoms with van der Waals surface area (Å²) in [6.07, 6.45) is -5.39. The van der Waals surface area contributed by atoms with Crippen molar-refractivity contribution in [2.75, 3.05) is 6.61 Å². The van der Waals surface area contributed by atoms with Crippen molar-refractivity contribution in [3.8, 4) is 5.75 Å². The topological polar surface area (TPSA) is 35.5 Å². The Bertz CT molecular complexity index is 935. The first-order chi connectivity index (χ1) is 13.2. The Morgan fingerprint density at radius 2 is 1.96 bits per heavy atom. The molecule has 0 N–H and O–H groups in total. The minimum atomic E-state index is -4.74. The fourth-order valence-electron chi connectivity index (χ4n) is 3.04. The van der Waals surface area contributed by atoms with Crippen molar-refractivity contribution in [1.29, 1.82) is 0 Å². The summed E-state index contributed by atoms with van der Waals surface area (Å²) < 4.78 is 50.3. The number of ether oxygens (including phenoxy) is 2. The highest BCUT2D eigenvalue weighted by Crippen LogP contribution is 2.38. The zero-order valence-electron chi connectivity index (χ0n) is 15.3. The molecule has 0 saturated heterocycles. The quantitative estimate of drug-likeness (QED) is 0.623. The molecule has 2 aromatic carbocycles. The van der Waals surface area contributed by atoms with E-state index >= 15 is 0 Å². The molecular weight excluding hydrogens is 393 g/mol. The van der Waals surface area contributed by atoms with E-state index in [1.54, 1.807) is 24.3 Å². The van der Waals surface area contributed by atoms with Crippen molar-refractivity contribution in [3.05, 3.63) is 69.2 Å². The molecule has 1 aliphatic rings. The standard InChI is InChI=1S/C21H18ClF3O3/c1-3-27-20(26)17-11-15-5-4-13(9-14-6-7-16(22)8-12(14)2)10-18(15)28-19(17)21(23,24)25/h4-8,10-11,19H,3,9H2,1-2H3. The van der Waals surface area contributed by atoms with Gasteiger partial charge in [0.15, 0.2) is 0 Å². The summed E-state index contributed by atoms with van der Waals surface area (Å²) in [5.41, 5.74) is 2.64. The molecule has 0 radical (unpaired) electrons. The smallest absolute Gasteiger partial charge is 0.430 e. The fraction of sp³-hybridized carbons (Fsp3) is 0.286. The van der Waals surface area contributed by atoms with E-state index in [0.717, 1.165) is 16.7 Å². The van der Waals surface area contributed by atoms with Crippen molar-refractivity contribution in [1.82, 2.24) is 0 Å². The van der Waals surface area contributed by atoms with E-state index in [-0.39, 0.29) is 12.4 Å². The molecule has 0 bridgehead atoms. The van der Waals surface area contributed by atoms with E-state index in [2.05, 4.69) is 0 Å². The van der Waals surface area contributed by atoms with Crippen molar-refractivity contribution in [2.24, 2.45) is 0 Å². The third-order valence-electron chi connectivity index (χ3n) is 4.42. The number of carbonyl (C=O) groups excluding carboxylic acids is 1. The molecule has 1 atom stereocenters. The van der Waals surface area contributed by atoms with Crippen molar-refractivity contribution >= 4 is 23.6 Å². The molecule has 1 heterocycles. The van der Waals surface area contributed by atoms with Gasteiger partial charge >= 0.3 is 12.1 Å². The molecule has 0 saturated carbocycles. The fourth-order valence-corrected chi connectivity index (χ4v) is 3.27. The number of fused-ring (bicyclic) bond motifs is 1. The van der Waals surface area contributed by atoms with Gasteiger partial charge in [0.05, 0.1) is 12.2 Å². The Kier molecular flexibility index (Phi) is 5.70. The molecule has 148 valence electrons. The van der Waals surface area contributed by atoms with E-state index in [4.69, 9.17) is 21.1 Å². The van der Waals surface area contributed by atoms with Crippen molar-refractivity contribution < 1.29 is 27.4 Å². The lowest BCUT2D eigenvalue weighted by atomic mass is 9.96. The maximum Gasteiger partial charge on any atom is 0.430 e. The lowest BCUT2D eigenvalue weighted by molar-refractivity contribution is -0.187. The highest BCUT2D eigenvalue weighted by Gasteiger charge is 2.48. The average Bonchev–Trinajstić information content (AvgIpc) is 2.62. The number of esters is 1. The highest BCUT2D eigenvalue weighted by molar-refractivity contribution is 6.30. The van der Waals surface area contributed by atoms with Gasteiger partial charge in [-0.15, -0.1) is 0 Å². The third-order valence-corrected chi connectivity index (χ3v) is 4.66. The number of alkyl halides is 3. The van der Waals surface area contributed by atoms with Gasteiger partial charge in [-0.2, -0.15) is 13.2 Å². The molecule has 28 heavy (non-hydrogen) atoms. The Morgan fingerprint density at radius 3 is 2.61 bits per heavy atom. The molecule has 7 heteroatoms. The van der Waals surface area contributed by atoms with Gasteiger partial charge in [0.25, 0.3) is 0 Å². The maximum atomic E-state index is 13.4. The second-order valence-electron chi connectivity index (χ2n) is 6.48. The van der Waals surface area contributed by atoms with Gasteiger partial charge in [-0.25, -0.2) is 4.79 Å². The number of carbonyl (C=O) groups is 1. The van der Waals surface area contributed by atoms with Gasteiger partial charge in [0.2, 0.25) is 6.10 Å². The summed E-state index contributed by atoms with van der Waals surface area (Å²) in [5.74, 6) is -0.948. The number of rotatable bonds is 4. The van der Waals surface area contributed by atoms with Crippen LogP contribution >= 0.6 is 11.6 Å². The zero-order valence-corrected chi connectivity index (χ0v) is 16.0. The molecule has 0 fully saturated rings. The van der Waals surface area contributed by atoms with Crippen LogP contribution in [0, 0.1) is 6.92 Å². The first kappa shape index (κ1) is 20.3. The first-order valence-corrected chi connectivity index (χ1v) is 9.07. The molecule has 3 nitrogen and oxygen atoms in total. The van der Waals surface area contributed by atoms with Crippen LogP contribution in [0.3, 0.4) is 0 Å². The number of halogens is 4. The molecule has 1 aliphatic heterocycles. The predicted octanol–water partition coefficient (Wildman–Crippen LogP) is 5.51. The third kappa shape index (κ3) is 4.33. The van der Waals surface area contributed by atoms with Crippen LogP contribution in [0.4, 0.5) is 13.2 Å². The van der Waals surface area contributed by atoms with Crippen molar-refractivity contribution in [2.45, 2.75) is 32.5 Å². The summed E-state index contributed by atoms with van der Waals surface area (Å²) in [6, 6.07) is 10.5. The van der Waals surface area contributed by atoms with Crippen LogP contribution in [0.2, 0.25) is 5.02 Å². The minimum absolute atomic E-state index is 0.0208. The summed E-state index contributed by atoms with van der Waals surface area (Å²) in [7, 11) is 0. The van der Waals surface area contributed by atoms with Gasteiger partial charge in [-0.05, 0) is 61.2 Å². The monoisotopic (exact) mass is 410 g/mol. The number of hydrogen-bond donors (Lipinski definition) is 0. The van der Waals surface area contributed by atoms with Crippen LogP contribution in [0.15, 0.2) is 42.0 Å². The van der Waals surface area contributed by atoms with Crippen LogP contribution in [-0.2, 0) is 16.0 Å². The van der Waals surface area contributed by atoms with E-state index in [0.29, 0.717) is 17.0 Å². The lowest BCUT2D eigenvalue weighted by Gasteiger charge is -2.28. The van der Waals surface area contributed by atoms with E-state index in [1.807, 2.05) is 19.1 Å². The SMILES string of the molecule is CCOC(=O)C1=Cc2ccc(Cc3ccc(Cl)cc3C)cc2OC1C(F)(F)F. The Hall–Kier alpha value is -2.47. The van der Waals surface area contributed by atoms with Gasteiger partial charge in [0, 0.05) is 10.6 Å². The van der Waals surface area contributed by atoms with E-state index < -0.39 is 23.8 Å². The molecule has 0 aliphatic carbocycles. The van der Waals surface area contributed by atoms with Gasteiger partial charge < -0.3 is 9.47 Å². The first-order valence-electron chi connectivity index (χ1n) is 8.69. The Labute approximate surface area is 165 Å². The Morgan fingerprint density at radius 1 is 1.21 bits per heavy atom. The number of aryl methyl sites for hydroxylation is 1. The van der Waals surface area contributed by atoms with E-state index in [9.17, 15) is 18.0 Å². The molecule has 0 aromatic heterocycles. The second kappa shape index (κ2) is 7.87. The minimum Gasteiger partial charge on any atom is -0.475 e. The lowest BCUT2D eigenvalue weighted by Crippen LogP contribution is -2.40. The molecule has 1 unspecified atom stereocenters. The normalized spacial score (nSPS) is 16.1. The molecular formula is C21H18ClF3O3. The molecule has 0 spiro atoms. The largest absolute Gasteiger partial charge is 0.475 e. The second-order valence-corrected chi connectivity index (χ2v) is 6.92.